The highest BCUT2D eigenvalue weighted by molar-refractivity contribution is 7.92. The molecule has 0 heterocycles. The summed E-state index contributed by atoms with van der Waals surface area (Å²) in [6.45, 7) is 3.19. The lowest BCUT2D eigenvalue weighted by Crippen LogP contribution is -2.17. The molecule has 2 aromatic rings. The zero-order valence-electron chi connectivity index (χ0n) is 12.6. The molecule has 0 unspecified atom stereocenters. The Morgan fingerprint density at radius 1 is 1.04 bits per heavy atom. The molecule has 2 rings (SSSR count). The van der Waals surface area contributed by atoms with Crippen LogP contribution in [0.3, 0.4) is 0 Å². The Morgan fingerprint density at radius 2 is 1.71 bits per heavy atom. The first-order valence-electron chi connectivity index (χ1n) is 6.63. The van der Waals surface area contributed by atoms with Crippen LogP contribution in [0.15, 0.2) is 41.3 Å². The summed E-state index contributed by atoms with van der Waals surface area (Å²) in [7, 11) is -3.92. The minimum Gasteiger partial charge on any atom is -0.406 e. The highest BCUT2D eigenvalue weighted by atomic mass is 35.5. The Morgan fingerprint density at radius 3 is 2.25 bits per heavy atom. The summed E-state index contributed by atoms with van der Waals surface area (Å²) in [6, 6.07) is 7.57. The van der Waals surface area contributed by atoms with Crippen LogP contribution in [0.5, 0.6) is 5.75 Å². The van der Waals surface area contributed by atoms with Crippen molar-refractivity contribution in [3.05, 3.63) is 52.5 Å². The van der Waals surface area contributed by atoms with E-state index in [1.165, 1.54) is 25.1 Å². The van der Waals surface area contributed by atoms with Gasteiger partial charge in [0.2, 0.25) is 0 Å². The van der Waals surface area contributed by atoms with E-state index in [0.717, 1.165) is 17.7 Å². The largest absolute Gasteiger partial charge is 0.573 e. The molecule has 4 nitrogen and oxygen atoms in total. The normalized spacial score (nSPS) is 12.1. The van der Waals surface area contributed by atoms with E-state index in [1.807, 2.05) is 0 Å². The van der Waals surface area contributed by atoms with Gasteiger partial charge in [0.05, 0.1) is 10.6 Å². The first-order chi connectivity index (χ1) is 11.0. The third-order valence-corrected chi connectivity index (χ3v) is 4.90. The fourth-order valence-electron chi connectivity index (χ4n) is 1.89. The number of sulfonamides is 1. The van der Waals surface area contributed by atoms with Crippen LogP contribution in [-0.2, 0) is 10.0 Å². The van der Waals surface area contributed by atoms with Crippen molar-refractivity contribution in [2.24, 2.45) is 0 Å². The van der Waals surface area contributed by atoms with Crippen LogP contribution in [0.2, 0.25) is 5.02 Å². The number of hydrogen-bond acceptors (Lipinski definition) is 3. The minimum atomic E-state index is -4.81. The van der Waals surface area contributed by atoms with Crippen molar-refractivity contribution in [2.45, 2.75) is 25.1 Å². The van der Waals surface area contributed by atoms with Crippen LogP contribution < -0.4 is 9.46 Å². The predicted molar refractivity (Wildman–Crippen MR) is 84.9 cm³/mol. The van der Waals surface area contributed by atoms with Crippen molar-refractivity contribution in [2.75, 3.05) is 4.72 Å². The number of alkyl halides is 3. The molecule has 2 aromatic carbocycles. The summed E-state index contributed by atoms with van der Waals surface area (Å²) < 4.78 is 67.4. The number of benzene rings is 2. The molecule has 0 saturated carbocycles. The average molecular weight is 380 g/mol. The van der Waals surface area contributed by atoms with Crippen molar-refractivity contribution in [3.8, 4) is 5.75 Å². The van der Waals surface area contributed by atoms with Gasteiger partial charge in [0, 0.05) is 5.02 Å². The fraction of sp³-hybridized carbons (Fsp3) is 0.200. The van der Waals surface area contributed by atoms with Gasteiger partial charge in [-0.1, -0.05) is 17.7 Å². The molecule has 0 bridgehead atoms. The number of aryl methyl sites for hydroxylation is 2. The molecule has 0 fully saturated rings. The van der Waals surface area contributed by atoms with Gasteiger partial charge >= 0.3 is 6.36 Å². The maximum Gasteiger partial charge on any atom is 0.573 e. The summed E-state index contributed by atoms with van der Waals surface area (Å²) >= 11 is 5.92. The van der Waals surface area contributed by atoms with Crippen molar-refractivity contribution in [3.63, 3.8) is 0 Å². The van der Waals surface area contributed by atoms with E-state index in [0.29, 0.717) is 5.02 Å². The van der Waals surface area contributed by atoms with Gasteiger partial charge in [0.15, 0.2) is 0 Å². The average Bonchev–Trinajstić information content (AvgIpc) is 2.43. The van der Waals surface area contributed by atoms with E-state index in [9.17, 15) is 21.6 Å². The third-order valence-electron chi connectivity index (χ3n) is 3.13. The Balaban J connectivity index is 2.28. The number of anilines is 1. The smallest absolute Gasteiger partial charge is 0.406 e. The molecule has 0 aliphatic rings. The van der Waals surface area contributed by atoms with Gasteiger partial charge in [-0.2, -0.15) is 0 Å². The summed E-state index contributed by atoms with van der Waals surface area (Å²) in [6.07, 6.45) is -4.81. The van der Waals surface area contributed by atoms with Crippen molar-refractivity contribution >= 4 is 27.3 Å². The SMILES string of the molecule is Cc1ccc(S(=O)(=O)Nc2ccc(OC(F)(F)F)cc2C)cc1Cl. The van der Waals surface area contributed by atoms with Gasteiger partial charge in [-0.3, -0.25) is 4.72 Å². The predicted octanol–water partition coefficient (Wildman–Crippen LogP) is 4.66. The van der Waals surface area contributed by atoms with E-state index < -0.39 is 22.1 Å². The molecule has 0 saturated heterocycles. The number of hydrogen-bond donors (Lipinski definition) is 1. The molecular formula is C15H13ClF3NO3S. The Kier molecular flexibility index (Phi) is 5.00. The van der Waals surface area contributed by atoms with Crippen molar-refractivity contribution in [1.29, 1.82) is 0 Å². The molecule has 0 aliphatic carbocycles. The highest BCUT2D eigenvalue weighted by Crippen LogP contribution is 2.28. The second kappa shape index (κ2) is 6.52. The zero-order valence-corrected chi connectivity index (χ0v) is 14.2. The summed E-state index contributed by atoms with van der Waals surface area (Å²) in [5.41, 5.74) is 1.14. The first kappa shape index (κ1) is 18.4. The van der Waals surface area contributed by atoms with Crippen molar-refractivity contribution < 1.29 is 26.3 Å². The lowest BCUT2D eigenvalue weighted by atomic mass is 10.2. The standard InChI is InChI=1S/C15H13ClF3NO3S/c1-9-3-5-12(8-13(9)16)24(21,22)20-14-6-4-11(7-10(14)2)23-15(17,18)19/h3-8,20H,1-2H3. The van der Waals surface area contributed by atoms with E-state index >= 15 is 0 Å². The second-order valence-electron chi connectivity index (χ2n) is 5.04. The molecule has 0 atom stereocenters. The summed E-state index contributed by atoms with van der Waals surface area (Å²) in [5, 5.41) is 0.295. The van der Waals surface area contributed by atoms with Crippen LogP contribution in [0.1, 0.15) is 11.1 Å². The van der Waals surface area contributed by atoms with E-state index in [2.05, 4.69) is 9.46 Å². The Bertz CT molecular complexity index is 867. The van der Waals surface area contributed by atoms with Gasteiger partial charge in [-0.05, 0) is 55.3 Å². The monoisotopic (exact) mass is 379 g/mol. The lowest BCUT2D eigenvalue weighted by Gasteiger charge is -2.14. The van der Waals surface area contributed by atoms with Crippen LogP contribution in [0.25, 0.3) is 0 Å². The molecule has 9 heteroatoms. The van der Waals surface area contributed by atoms with Gasteiger partial charge in [-0.15, -0.1) is 13.2 Å². The molecule has 130 valence electrons. The Labute approximate surface area is 142 Å². The molecule has 0 amide bonds. The van der Waals surface area contributed by atoms with Crippen molar-refractivity contribution in [1.82, 2.24) is 0 Å². The molecule has 0 radical (unpaired) electrons. The molecular weight excluding hydrogens is 367 g/mol. The lowest BCUT2D eigenvalue weighted by molar-refractivity contribution is -0.274. The maximum absolute atomic E-state index is 12.4. The minimum absolute atomic E-state index is 0.0480. The van der Waals surface area contributed by atoms with E-state index in [4.69, 9.17) is 11.6 Å². The van der Waals surface area contributed by atoms with Crippen LogP contribution in [0, 0.1) is 13.8 Å². The topological polar surface area (TPSA) is 55.4 Å². The molecule has 0 aliphatic heterocycles. The first-order valence-corrected chi connectivity index (χ1v) is 8.49. The van der Waals surface area contributed by atoms with E-state index in [-0.39, 0.29) is 16.1 Å². The quantitative estimate of drug-likeness (QED) is 0.840. The van der Waals surface area contributed by atoms with E-state index in [1.54, 1.807) is 13.0 Å². The third kappa shape index (κ3) is 4.55. The summed E-state index contributed by atoms with van der Waals surface area (Å²) in [5.74, 6) is -0.429. The van der Waals surface area contributed by atoms with Crippen LogP contribution in [-0.4, -0.2) is 14.8 Å². The van der Waals surface area contributed by atoms with Gasteiger partial charge < -0.3 is 4.74 Å². The molecule has 0 aromatic heterocycles. The maximum atomic E-state index is 12.4. The van der Waals surface area contributed by atoms with Gasteiger partial charge in [0.1, 0.15) is 5.75 Å². The van der Waals surface area contributed by atoms with Crippen LogP contribution in [0.4, 0.5) is 18.9 Å². The number of rotatable bonds is 4. The Hall–Kier alpha value is -1.93. The summed E-state index contributed by atoms with van der Waals surface area (Å²) in [4.78, 5) is -0.0480. The molecule has 1 N–H and O–H groups in total. The zero-order chi connectivity index (χ0) is 18.1. The molecule has 0 spiro atoms. The highest BCUT2D eigenvalue weighted by Gasteiger charge is 2.31. The van der Waals surface area contributed by atoms with Gasteiger partial charge in [0.25, 0.3) is 10.0 Å². The van der Waals surface area contributed by atoms with Crippen LogP contribution >= 0.6 is 11.6 Å². The number of nitrogens with one attached hydrogen (secondary N) is 1. The second-order valence-corrected chi connectivity index (χ2v) is 7.13. The molecule has 24 heavy (non-hydrogen) atoms. The fourth-order valence-corrected chi connectivity index (χ4v) is 3.29. The van der Waals surface area contributed by atoms with Gasteiger partial charge in [-0.25, -0.2) is 8.42 Å². The number of ether oxygens (including phenoxy) is 1. The number of halogens is 4.